The first kappa shape index (κ1) is 30.4. The van der Waals surface area contributed by atoms with Crippen LogP contribution in [0.3, 0.4) is 0 Å². The van der Waals surface area contributed by atoms with E-state index >= 15 is 0 Å². The number of methoxy groups -OCH3 is 1. The van der Waals surface area contributed by atoms with Crippen molar-refractivity contribution in [2.75, 3.05) is 25.6 Å². The minimum atomic E-state index is -4.35. The number of likely N-dealkylation sites (tertiary alicyclic amines) is 1. The molecule has 9 heteroatoms. The van der Waals surface area contributed by atoms with Gasteiger partial charge in [0.05, 0.1) is 18.6 Å². The summed E-state index contributed by atoms with van der Waals surface area (Å²) in [5.74, 6) is -0.208. The van der Waals surface area contributed by atoms with Crippen LogP contribution in [-0.4, -0.2) is 48.0 Å². The van der Waals surface area contributed by atoms with E-state index in [1.807, 2.05) is 24.3 Å². The maximum absolute atomic E-state index is 12.9. The molecule has 1 aliphatic rings. The van der Waals surface area contributed by atoms with Gasteiger partial charge in [0.25, 0.3) is 0 Å². The molecule has 4 rings (SSSR count). The van der Waals surface area contributed by atoms with Crippen LogP contribution in [0.15, 0.2) is 72.8 Å². The molecule has 3 atom stereocenters. The average molecular weight is 569 g/mol. The van der Waals surface area contributed by atoms with E-state index in [0.29, 0.717) is 24.4 Å². The Morgan fingerprint density at radius 1 is 1.00 bits per heavy atom. The summed E-state index contributed by atoms with van der Waals surface area (Å²) in [6.45, 7) is 3.51. The van der Waals surface area contributed by atoms with Crippen LogP contribution in [0.1, 0.15) is 59.6 Å². The summed E-state index contributed by atoms with van der Waals surface area (Å²) in [4.78, 5) is 26.6. The topological polar surface area (TPSA) is 78.9 Å². The van der Waals surface area contributed by atoms with Crippen LogP contribution in [0.5, 0.6) is 0 Å². The average Bonchev–Trinajstić information content (AvgIpc) is 3.35. The smallest absolute Gasteiger partial charge is 0.383 e. The number of carbonyl (C=O) groups excluding carboxylic acids is 2. The molecule has 0 aliphatic carbocycles. The number of aliphatic hydroxyl groups is 1. The summed E-state index contributed by atoms with van der Waals surface area (Å²) in [6, 6.07) is 20.0. The molecule has 1 aliphatic heterocycles. The molecule has 3 unspecified atom stereocenters. The fourth-order valence-corrected chi connectivity index (χ4v) is 5.25. The van der Waals surface area contributed by atoms with E-state index in [0.717, 1.165) is 41.8 Å². The van der Waals surface area contributed by atoms with Gasteiger partial charge in [0.1, 0.15) is 6.10 Å². The third-order valence-electron chi connectivity index (χ3n) is 7.53. The van der Waals surface area contributed by atoms with Gasteiger partial charge in [-0.2, -0.15) is 13.2 Å². The normalized spacial score (nSPS) is 18.3. The number of ketones is 1. The number of carbonyl (C=O) groups is 2. The lowest BCUT2D eigenvalue weighted by molar-refractivity contribution is -0.137. The second-order valence-electron chi connectivity index (χ2n) is 10.5. The van der Waals surface area contributed by atoms with Gasteiger partial charge in [0.15, 0.2) is 5.78 Å². The molecule has 1 heterocycles. The molecule has 218 valence electrons. The monoisotopic (exact) mass is 568 g/mol. The maximum atomic E-state index is 12.9. The van der Waals surface area contributed by atoms with Crippen molar-refractivity contribution in [2.45, 2.75) is 57.0 Å². The molecule has 1 fully saturated rings. The van der Waals surface area contributed by atoms with Crippen LogP contribution in [-0.2, 0) is 33.5 Å². The van der Waals surface area contributed by atoms with Crippen molar-refractivity contribution >= 4 is 17.4 Å². The molecular formula is C32H35F3N2O4. The summed E-state index contributed by atoms with van der Waals surface area (Å²) < 4.78 is 44.2. The Balaban J connectivity index is 1.33. The largest absolute Gasteiger partial charge is 0.416 e. The minimum absolute atomic E-state index is 0.138. The van der Waals surface area contributed by atoms with Crippen LogP contribution in [0.4, 0.5) is 18.9 Å². The minimum Gasteiger partial charge on any atom is -0.383 e. The van der Waals surface area contributed by atoms with E-state index in [1.54, 1.807) is 38.3 Å². The molecule has 0 aromatic heterocycles. The molecule has 0 saturated carbocycles. The summed E-state index contributed by atoms with van der Waals surface area (Å²) in [5.41, 5.74) is 3.23. The lowest BCUT2D eigenvalue weighted by Crippen LogP contribution is -2.32. The fourth-order valence-electron chi connectivity index (χ4n) is 5.25. The van der Waals surface area contributed by atoms with Crippen molar-refractivity contribution in [1.29, 1.82) is 0 Å². The first-order valence-electron chi connectivity index (χ1n) is 13.7. The zero-order valence-corrected chi connectivity index (χ0v) is 23.2. The Morgan fingerprint density at radius 3 is 2.22 bits per heavy atom. The Morgan fingerprint density at radius 2 is 1.63 bits per heavy atom. The van der Waals surface area contributed by atoms with E-state index in [1.165, 1.54) is 12.1 Å². The number of rotatable bonds is 11. The van der Waals surface area contributed by atoms with Gasteiger partial charge in [0, 0.05) is 38.3 Å². The Hall–Kier alpha value is -3.53. The lowest BCUT2D eigenvalue weighted by atomic mass is 9.96. The summed E-state index contributed by atoms with van der Waals surface area (Å²) >= 11 is 0. The number of amides is 1. The second kappa shape index (κ2) is 13.4. The number of nitrogens with zero attached hydrogens (tertiary/aromatic N) is 1. The van der Waals surface area contributed by atoms with Crippen LogP contribution in [0, 0.1) is 0 Å². The van der Waals surface area contributed by atoms with Gasteiger partial charge in [0.2, 0.25) is 5.91 Å². The second-order valence-corrected chi connectivity index (χ2v) is 10.5. The van der Waals surface area contributed by atoms with E-state index in [2.05, 4.69) is 10.2 Å². The number of ether oxygens (including phenoxy) is 1. The van der Waals surface area contributed by atoms with Gasteiger partial charge in [-0.3, -0.25) is 14.5 Å². The molecule has 2 N–H and O–H groups in total. The number of alkyl halides is 3. The highest BCUT2D eigenvalue weighted by Gasteiger charge is 2.33. The Labute approximate surface area is 238 Å². The third-order valence-corrected chi connectivity index (χ3v) is 7.53. The maximum Gasteiger partial charge on any atom is 0.416 e. The van der Waals surface area contributed by atoms with Crippen molar-refractivity contribution in [3.05, 3.63) is 101 Å². The summed E-state index contributed by atoms with van der Waals surface area (Å²) in [6.07, 6.45) is -4.24. The molecule has 0 bridgehead atoms. The first-order chi connectivity index (χ1) is 19.6. The van der Waals surface area contributed by atoms with Gasteiger partial charge in [-0.25, -0.2) is 0 Å². The van der Waals surface area contributed by atoms with Crippen molar-refractivity contribution < 1.29 is 32.6 Å². The van der Waals surface area contributed by atoms with Crippen LogP contribution < -0.4 is 5.32 Å². The van der Waals surface area contributed by atoms with Crippen molar-refractivity contribution in [2.24, 2.45) is 0 Å². The number of aliphatic hydroxyl groups excluding tert-OH is 1. The zero-order chi connectivity index (χ0) is 29.6. The van der Waals surface area contributed by atoms with Crippen molar-refractivity contribution in [1.82, 2.24) is 4.90 Å². The highest BCUT2D eigenvalue weighted by atomic mass is 19.4. The molecule has 41 heavy (non-hydrogen) atoms. The number of halogens is 3. The predicted molar refractivity (Wildman–Crippen MR) is 150 cm³/mol. The number of hydrogen-bond donors (Lipinski definition) is 2. The van der Waals surface area contributed by atoms with Crippen LogP contribution in [0.25, 0.3) is 0 Å². The van der Waals surface area contributed by atoms with Gasteiger partial charge >= 0.3 is 6.18 Å². The van der Waals surface area contributed by atoms with Crippen molar-refractivity contribution in [3.8, 4) is 0 Å². The lowest BCUT2D eigenvalue weighted by Gasteiger charge is -2.24. The standard InChI is InChI=1S/C32H35F3N2O4/c1-3-29(38)31(40)24-8-4-21(5-9-24)16-30(39)36-27-14-10-23(11-15-27)25-17-28(20-41-2)37(19-25)18-22-6-12-26(13-7-22)32(33,34)35/h4-15,25,28,31,40H,3,16-20H2,1-2H3,(H,36,39). The Kier molecular flexibility index (Phi) is 9.96. The molecule has 1 amide bonds. The number of nitrogens with one attached hydrogen (secondary N) is 1. The van der Waals surface area contributed by atoms with Crippen molar-refractivity contribution in [3.63, 3.8) is 0 Å². The fraction of sp³-hybridized carbons (Fsp3) is 0.375. The van der Waals surface area contributed by atoms with E-state index in [-0.39, 0.29) is 36.5 Å². The SMILES string of the molecule is CCC(=O)C(O)c1ccc(CC(=O)Nc2ccc(C3CC(COC)N(Cc4ccc(C(F)(F)F)cc4)C3)cc2)cc1. The van der Waals surface area contributed by atoms with E-state index < -0.39 is 17.8 Å². The van der Waals surface area contributed by atoms with Gasteiger partial charge in [-0.1, -0.05) is 55.5 Å². The molecule has 3 aromatic rings. The molecule has 3 aromatic carbocycles. The molecule has 1 saturated heterocycles. The van der Waals surface area contributed by atoms with Crippen LogP contribution >= 0.6 is 0 Å². The predicted octanol–water partition coefficient (Wildman–Crippen LogP) is 5.90. The summed E-state index contributed by atoms with van der Waals surface area (Å²) in [5, 5.41) is 12.9. The zero-order valence-electron chi connectivity index (χ0n) is 23.2. The number of benzene rings is 3. The highest BCUT2D eigenvalue weighted by Crippen LogP contribution is 2.34. The van der Waals surface area contributed by atoms with Gasteiger partial charge in [-0.05, 0) is 58.9 Å². The number of anilines is 1. The van der Waals surface area contributed by atoms with Crippen LogP contribution in [0.2, 0.25) is 0 Å². The van der Waals surface area contributed by atoms with Gasteiger partial charge < -0.3 is 15.2 Å². The number of Topliss-reactive ketones (excluding diaryl/α,β-unsaturated/α-hetero) is 1. The first-order valence-corrected chi connectivity index (χ1v) is 13.7. The molecule has 6 nitrogen and oxygen atoms in total. The highest BCUT2D eigenvalue weighted by molar-refractivity contribution is 5.92. The third kappa shape index (κ3) is 8.03. The molecule has 0 radical (unpaired) electrons. The molecular weight excluding hydrogens is 533 g/mol. The van der Waals surface area contributed by atoms with E-state index in [9.17, 15) is 27.9 Å². The molecule has 0 spiro atoms. The van der Waals surface area contributed by atoms with E-state index in [4.69, 9.17) is 4.74 Å². The quantitative estimate of drug-likeness (QED) is 0.301. The van der Waals surface area contributed by atoms with Gasteiger partial charge in [-0.15, -0.1) is 0 Å². The number of hydrogen-bond acceptors (Lipinski definition) is 5. The summed E-state index contributed by atoms with van der Waals surface area (Å²) in [7, 11) is 1.65. The Bertz CT molecular complexity index is 1310.